The smallest absolute Gasteiger partial charge is 0.313 e. The molecule has 0 aromatic heterocycles. The van der Waals surface area contributed by atoms with E-state index in [4.69, 9.17) is 4.55 Å². The first-order valence-corrected chi connectivity index (χ1v) is 12.0. The zero-order chi connectivity index (χ0) is 34.3. The summed E-state index contributed by atoms with van der Waals surface area (Å²) >= 11 is 0. The van der Waals surface area contributed by atoms with Crippen molar-refractivity contribution >= 4 is 10.1 Å². The third-order valence-corrected chi connectivity index (χ3v) is 6.46. The lowest BCUT2D eigenvalue weighted by molar-refractivity contribution is -0.458. The highest BCUT2D eigenvalue weighted by Gasteiger charge is 2.96. The molecule has 0 saturated carbocycles. The van der Waals surface area contributed by atoms with Gasteiger partial charge in [0.05, 0.1) is 0 Å². The number of hydrogen-bond donors (Lipinski definition) is 2. The van der Waals surface area contributed by atoms with Gasteiger partial charge in [0.15, 0.2) is 0 Å². The highest BCUT2D eigenvalue weighted by Crippen LogP contribution is 2.64. The highest BCUT2D eigenvalue weighted by atomic mass is 32.2. The fraction of sp³-hybridized carbons (Fsp3) is 0.700. The predicted octanol–water partition coefficient (Wildman–Crippen LogP) is 7.93. The Morgan fingerprint density at radius 2 is 0.857 bits per heavy atom. The van der Waals surface area contributed by atoms with E-state index in [0.29, 0.717) is 12.0 Å². The van der Waals surface area contributed by atoms with E-state index in [1.165, 1.54) is 11.1 Å². The van der Waals surface area contributed by atoms with Crippen LogP contribution in [0, 0.1) is 0 Å². The van der Waals surface area contributed by atoms with Crippen molar-refractivity contribution in [2.45, 2.75) is 79.7 Å². The molecule has 0 heterocycles. The normalized spacial score (nSPS) is 15.8. The first-order valence-electron chi connectivity index (χ1n) is 10.6. The van der Waals surface area contributed by atoms with Gasteiger partial charge in [0.2, 0.25) is 0 Å². The summed E-state index contributed by atoms with van der Waals surface area (Å²) in [5.74, 6) is -51.3. The van der Waals surface area contributed by atoms with E-state index in [1.807, 2.05) is 7.05 Å². The summed E-state index contributed by atoms with van der Waals surface area (Å²) in [5.41, 5.74) is 2.76. The fourth-order valence-electron chi connectivity index (χ4n) is 2.65. The summed E-state index contributed by atoms with van der Waals surface area (Å²) in [4.78, 5) is 0. The average molecular weight is 677 g/mol. The third kappa shape index (κ3) is 6.39. The molecule has 1 rings (SSSR count). The Balaban J connectivity index is 0.00000107. The Morgan fingerprint density at radius 1 is 0.571 bits per heavy atom. The second kappa shape index (κ2) is 11.8. The summed E-state index contributed by atoms with van der Waals surface area (Å²) in [6.07, 6.45) is -7.88. The van der Waals surface area contributed by atoms with Crippen molar-refractivity contribution in [2.75, 3.05) is 7.05 Å². The van der Waals surface area contributed by atoms with E-state index in [-0.39, 0.29) is 0 Å². The zero-order valence-electron chi connectivity index (χ0n) is 21.1. The molecular formula is C20H20F17NO3S. The van der Waals surface area contributed by atoms with Crippen LogP contribution in [0.15, 0.2) is 24.3 Å². The molecule has 0 aliphatic heterocycles. The van der Waals surface area contributed by atoms with E-state index in [2.05, 4.69) is 50.4 Å². The van der Waals surface area contributed by atoms with Crippen molar-refractivity contribution in [1.82, 2.24) is 5.32 Å². The van der Waals surface area contributed by atoms with E-state index in [0.717, 1.165) is 0 Å². The summed E-state index contributed by atoms with van der Waals surface area (Å²) in [5, 5.41) is -4.61. The third-order valence-electron chi connectivity index (χ3n) is 5.55. The van der Waals surface area contributed by atoms with Crippen molar-refractivity contribution in [1.29, 1.82) is 0 Å². The Labute approximate surface area is 226 Å². The molecule has 0 amide bonds. The number of rotatable bonds is 10. The standard InChI is InChI=1S/C12H19N.C8HF17O3S/c1-9(2)11-5-7-12(8-6-11)10(3)13-4;9-1(10,3(13,14)5(17,18)7(21,22)23)2(11,12)4(15,16)6(19,20)8(24,25)29(26,27)28/h5-10,13H,1-4H3;(H,26,27,28). The van der Waals surface area contributed by atoms with E-state index < -0.39 is 57.1 Å². The number of hydrogen-bond acceptors (Lipinski definition) is 3. The minimum Gasteiger partial charge on any atom is -0.313 e. The molecule has 1 aromatic rings. The van der Waals surface area contributed by atoms with Gasteiger partial charge in [0, 0.05) is 6.04 Å². The van der Waals surface area contributed by atoms with Crippen LogP contribution in [0.2, 0.25) is 0 Å². The summed E-state index contributed by atoms with van der Waals surface area (Å²) in [6.45, 7) is 6.61. The van der Waals surface area contributed by atoms with E-state index in [1.54, 1.807) is 0 Å². The van der Waals surface area contributed by atoms with Gasteiger partial charge in [0.1, 0.15) is 0 Å². The van der Waals surface area contributed by atoms with Gasteiger partial charge in [-0.3, -0.25) is 4.55 Å². The van der Waals surface area contributed by atoms with Gasteiger partial charge in [-0.2, -0.15) is 83.1 Å². The van der Waals surface area contributed by atoms with Gasteiger partial charge < -0.3 is 5.32 Å². The maximum Gasteiger partial charge on any atom is 0.460 e. The van der Waals surface area contributed by atoms with Crippen LogP contribution in [0.3, 0.4) is 0 Å². The number of nitrogens with one attached hydrogen (secondary N) is 1. The van der Waals surface area contributed by atoms with Crippen molar-refractivity contribution < 1.29 is 87.6 Å². The molecule has 1 atom stereocenters. The molecule has 0 radical (unpaired) electrons. The monoisotopic (exact) mass is 677 g/mol. The van der Waals surface area contributed by atoms with Crippen LogP contribution in [0.1, 0.15) is 43.9 Å². The van der Waals surface area contributed by atoms with Crippen molar-refractivity contribution in [2.24, 2.45) is 0 Å². The largest absolute Gasteiger partial charge is 0.460 e. The molecule has 0 saturated heterocycles. The maximum absolute atomic E-state index is 13.0. The zero-order valence-corrected chi connectivity index (χ0v) is 21.9. The van der Waals surface area contributed by atoms with Crippen LogP contribution in [0.25, 0.3) is 0 Å². The number of benzene rings is 1. The Kier molecular flexibility index (Phi) is 11.2. The van der Waals surface area contributed by atoms with Gasteiger partial charge in [-0.1, -0.05) is 38.1 Å². The number of alkyl halides is 17. The molecule has 0 aliphatic rings. The van der Waals surface area contributed by atoms with Crippen LogP contribution >= 0.6 is 0 Å². The summed E-state index contributed by atoms with van der Waals surface area (Å²) < 4.78 is 242. The van der Waals surface area contributed by atoms with Crippen LogP contribution in [-0.4, -0.2) is 67.0 Å². The Morgan fingerprint density at radius 3 is 1.12 bits per heavy atom. The topological polar surface area (TPSA) is 66.4 Å². The molecule has 248 valence electrons. The van der Waals surface area contributed by atoms with Gasteiger partial charge in [-0.05, 0) is 31.0 Å². The molecule has 4 nitrogen and oxygen atoms in total. The van der Waals surface area contributed by atoms with Crippen molar-refractivity contribution in [3.8, 4) is 0 Å². The molecule has 1 aromatic carbocycles. The molecular weight excluding hydrogens is 657 g/mol. The minimum atomic E-state index is -8.89. The van der Waals surface area contributed by atoms with Crippen molar-refractivity contribution in [3.63, 3.8) is 0 Å². The molecule has 42 heavy (non-hydrogen) atoms. The molecule has 2 N–H and O–H groups in total. The van der Waals surface area contributed by atoms with Crippen LogP contribution in [0.5, 0.6) is 0 Å². The lowest BCUT2D eigenvalue weighted by Gasteiger charge is -2.42. The Bertz CT molecular complexity index is 1160. The second-order valence-corrected chi connectivity index (χ2v) is 10.2. The summed E-state index contributed by atoms with van der Waals surface area (Å²) in [7, 11) is -5.91. The van der Waals surface area contributed by atoms with Crippen LogP contribution in [-0.2, 0) is 10.1 Å². The van der Waals surface area contributed by atoms with Crippen LogP contribution < -0.4 is 5.32 Å². The van der Waals surface area contributed by atoms with Crippen LogP contribution in [0.4, 0.5) is 74.6 Å². The average Bonchev–Trinajstić information content (AvgIpc) is 2.81. The molecule has 0 aliphatic carbocycles. The van der Waals surface area contributed by atoms with E-state index >= 15 is 0 Å². The molecule has 0 fully saturated rings. The van der Waals surface area contributed by atoms with Crippen molar-refractivity contribution in [3.05, 3.63) is 35.4 Å². The minimum absolute atomic E-state index is 0.446. The lowest BCUT2D eigenvalue weighted by Crippen LogP contribution is -2.74. The molecule has 22 heteroatoms. The molecule has 0 bridgehead atoms. The van der Waals surface area contributed by atoms with Gasteiger partial charge in [-0.15, -0.1) is 0 Å². The quantitative estimate of drug-likeness (QED) is 0.195. The fourth-order valence-corrected chi connectivity index (χ4v) is 3.10. The lowest BCUT2D eigenvalue weighted by atomic mass is 9.91. The van der Waals surface area contributed by atoms with Gasteiger partial charge >= 0.3 is 57.1 Å². The predicted molar refractivity (Wildman–Crippen MR) is 110 cm³/mol. The first kappa shape index (κ1) is 39.9. The maximum atomic E-state index is 13.0. The first-order chi connectivity index (χ1) is 18.1. The highest BCUT2D eigenvalue weighted by molar-refractivity contribution is 7.87. The SMILES string of the molecule is CNC(C)c1ccc(C(C)C)cc1.O=S(=O)(O)C(F)(F)C(F)(F)C(F)(F)C(F)(F)C(F)(F)C(F)(F)C(F)(F)C(F)(F)F. The van der Waals surface area contributed by atoms with E-state index in [9.17, 15) is 83.1 Å². The second-order valence-electron chi connectivity index (χ2n) is 8.77. The molecule has 0 spiro atoms. The van der Waals surface area contributed by atoms with Gasteiger partial charge in [-0.25, -0.2) is 0 Å². The molecule has 1 unspecified atom stereocenters. The Hall–Kier alpha value is -2.10. The summed E-state index contributed by atoms with van der Waals surface area (Å²) in [6, 6.07) is 9.29. The van der Waals surface area contributed by atoms with Gasteiger partial charge in [0.25, 0.3) is 0 Å². The number of halogens is 17.